The van der Waals surface area contributed by atoms with Gasteiger partial charge in [0.25, 0.3) is 0 Å². The smallest absolute Gasteiger partial charge is 0.340 e. The first kappa shape index (κ1) is 18.0. The first-order chi connectivity index (χ1) is 13.3. The molecule has 0 bridgehead atoms. The molecule has 0 unspecified atom stereocenters. The molecular formula is C23H22N2O3. The van der Waals surface area contributed by atoms with E-state index in [1.807, 2.05) is 69.3 Å². The van der Waals surface area contributed by atoms with Crippen molar-refractivity contribution in [3.8, 4) is 5.75 Å². The fraction of sp³-hybridized carbons (Fsp3) is 0.217. The molecule has 0 saturated carbocycles. The average molecular weight is 374 g/mol. The van der Waals surface area contributed by atoms with E-state index in [4.69, 9.17) is 15.2 Å². The van der Waals surface area contributed by atoms with E-state index in [0.29, 0.717) is 11.3 Å². The van der Waals surface area contributed by atoms with E-state index in [1.165, 1.54) is 0 Å². The van der Waals surface area contributed by atoms with E-state index in [-0.39, 0.29) is 5.88 Å². The van der Waals surface area contributed by atoms with Crippen LogP contribution in [-0.2, 0) is 9.53 Å². The van der Waals surface area contributed by atoms with E-state index >= 15 is 0 Å². The fourth-order valence-corrected chi connectivity index (χ4v) is 3.51. The van der Waals surface area contributed by atoms with Crippen molar-refractivity contribution in [2.24, 2.45) is 5.73 Å². The van der Waals surface area contributed by atoms with Crippen LogP contribution < -0.4 is 10.5 Å². The van der Waals surface area contributed by atoms with Crippen LogP contribution >= 0.6 is 0 Å². The van der Waals surface area contributed by atoms with Crippen molar-refractivity contribution < 1.29 is 14.3 Å². The summed E-state index contributed by atoms with van der Waals surface area (Å²) in [6, 6.07) is 15.7. The molecule has 5 heteroatoms. The highest BCUT2D eigenvalue weighted by Crippen LogP contribution is 2.45. The quantitative estimate of drug-likeness (QED) is 0.678. The van der Waals surface area contributed by atoms with Gasteiger partial charge in [-0.3, -0.25) is 4.98 Å². The molecule has 0 saturated heterocycles. The van der Waals surface area contributed by atoms with Gasteiger partial charge in [-0.1, -0.05) is 42.5 Å². The average Bonchev–Trinajstić information content (AvgIpc) is 2.66. The monoisotopic (exact) mass is 374 g/mol. The van der Waals surface area contributed by atoms with Crippen molar-refractivity contribution in [2.75, 3.05) is 0 Å². The van der Waals surface area contributed by atoms with Crippen LogP contribution in [0, 0.1) is 0 Å². The minimum atomic E-state index is -0.645. The van der Waals surface area contributed by atoms with Crippen LogP contribution in [0.4, 0.5) is 0 Å². The van der Waals surface area contributed by atoms with Gasteiger partial charge in [-0.25, -0.2) is 4.79 Å². The van der Waals surface area contributed by atoms with Crippen molar-refractivity contribution in [2.45, 2.75) is 32.3 Å². The van der Waals surface area contributed by atoms with Gasteiger partial charge in [-0.2, -0.15) is 0 Å². The predicted octanol–water partition coefficient (Wildman–Crippen LogP) is 4.27. The number of hydrogen-bond donors (Lipinski definition) is 1. The lowest BCUT2D eigenvalue weighted by atomic mass is 9.82. The van der Waals surface area contributed by atoms with Crippen LogP contribution in [0.15, 0.2) is 72.4 Å². The van der Waals surface area contributed by atoms with Crippen LogP contribution in [0.5, 0.6) is 5.75 Å². The summed E-state index contributed by atoms with van der Waals surface area (Å²) < 4.78 is 11.6. The maximum Gasteiger partial charge on any atom is 0.340 e. The number of carbonyl (C=O) groups is 1. The van der Waals surface area contributed by atoms with Crippen molar-refractivity contribution >= 4 is 16.7 Å². The largest absolute Gasteiger partial charge is 0.456 e. The molecule has 3 aromatic rings. The number of ether oxygens (including phenoxy) is 2. The molecule has 2 heterocycles. The third kappa shape index (κ3) is 3.20. The second kappa shape index (κ2) is 6.68. The maximum atomic E-state index is 13.0. The van der Waals surface area contributed by atoms with Crippen molar-refractivity contribution in [1.29, 1.82) is 0 Å². The molecular weight excluding hydrogens is 352 g/mol. The Kier molecular flexibility index (Phi) is 4.30. The number of aromatic nitrogens is 1. The SMILES string of the molecule is CC(C)(C)OC(=O)C1=C(N)Oc2c(ccc3ccccc23)[C@H]1c1cccnc1. The highest BCUT2D eigenvalue weighted by Gasteiger charge is 2.37. The van der Waals surface area contributed by atoms with E-state index in [9.17, 15) is 4.79 Å². The lowest BCUT2D eigenvalue weighted by molar-refractivity contribution is -0.150. The highest BCUT2D eigenvalue weighted by molar-refractivity contribution is 5.96. The Morgan fingerprint density at radius 1 is 1.11 bits per heavy atom. The highest BCUT2D eigenvalue weighted by atomic mass is 16.6. The minimum Gasteiger partial charge on any atom is -0.456 e. The molecule has 28 heavy (non-hydrogen) atoms. The van der Waals surface area contributed by atoms with E-state index < -0.39 is 17.5 Å². The number of benzene rings is 2. The zero-order valence-corrected chi connectivity index (χ0v) is 16.1. The van der Waals surface area contributed by atoms with Gasteiger partial charge in [0.2, 0.25) is 5.88 Å². The Balaban J connectivity index is 1.93. The molecule has 0 radical (unpaired) electrons. The molecule has 1 atom stereocenters. The van der Waals surface area contributed by atoms with Crippen molar-refractivity contribution in [1.82, 2.24) is 4.98 Å². The zero-order chi connectivity index (χ0) is 19.9. The summed E-state index contributed by atoms with van der Waals surface area (Å²) >= 11 is 0. The Bertz CT molecular complexity index is 1080. The van der Waals surface area contributed by atoms with Crippen molar-refractivity contribution in [3.63, 3.8) is 0 Å². The third-order valence-electron chi connectivity index (χ3n) is 4.62. The predicted molar refractivity (Wildman–Crippen MR) is 108 cm³/mol. The minimum absolute atomic E-state index is 0.0620. The molecule has 1 aliphatic heterocycles. The normalized spacial score (nSPS) is 16.5. The summed E-state index contributed by atoms with van der Waals surface area (Å²) in [4.78, 5) is 17.3. The molecule has 0 fully saturated rings. The number of hydrogen-bond acceptors (Lipinski definition) is 5. The zero-order valence-electron chi connectivity index (χ0n) is 16.1. The summed E-state index contributed by atoms with van der Waals surface area (Å²) in [6.07, 6.45) is 3.44. The molecule has 2 N–H and O–H groups in total. The van der Waals surface area contributed by atoms with Gasteiger partial charge in [0, 0.05) is 23.3 Å². The van der Waals surface area contributed by atoms with E-state index in [0.717, 1.165) is 21.9 Å². The Morgan fingerprint density at radius 3 is 2.61 bits per heavy atom. The van der Waals surface area contributed by atoms with Gasteiger partial charge >= 0.3 is 5.97 Å². The van der Waals surface area contributed by atoms with Crippen LogP contribution in [0.3, 0.4) is 0 Å². The van der Waals surface area contributed by atoms with E-state index in [2.05, 4.69) is 4.98 Å². The van der Waals surface area contributed by atoms with Crippen LogP contribution in [0.25, 0.3) is 10.8 Å². The lowest BCUT2D eigenvalue weighted by Crippen LogP contribution is -2.32. The van der Waals surface area contributed by atoms with Crippen LogP contribution in [-0.4, -0.2) is 16.6 Å². The van der Waals surface area contributed by atoms with Gasteiger partial charge < -0.3 is 15.2 Å². The number of pyridine rings is 1. The van der Waals surface area contributed by atoms with E-state index in [1.54, 1.807) is 12.4 Å². The van der Waals surface area contributed by atoms with Gasteiger partial charge in [-0.15, -0.1) is 0 Å². The first-order valence-corrected chi connectivity index (χ1v) is 9.17. The molecule has 2 aromatic carbocycles. The fourth-order valence-electron chi connectivity index (χ4n) is 3.51. The number of carbonyl (C=O) groups excluding carboxylic acids is 1. The molecule has 0 aliphatic carbocycles. The number of rotatable bonds is 2. The summed E-state index contributed by atoms with van der Waals surface area (Å²) in [7, 11) is 0. The topological polar surface area (TPSA) is 74.4 Å². The Hall–Kier alpha value is -3.34. The van der Waals surface area contributed by atoms with Gasteiger partial charge in [-0.05, 0) is 37.8 Å². The summed E-state index contributed by atoms with van der Waals surface area (Å²) in [6.45, 7) is 5.48. The molecule has 1 aliphatic rings. The third-order valence-corrected chi connectivity index (χ3v) is 4.62. The molecule has 0 spiro atoms. The molecule has 142 valence electrons. The summed E-state index contributed by atoms with van der Waals surface area (Å²) in [5.74, 6) is -0.182. The van der Waals surface area contributed by atoms with Crippen molar-refractivity contribution in [3.05, 3.63) is 83.5 Å². The molecule has 5 nitrogen and oxygen atoms in total. The molecule has 4 rings (SSSR count). The number of esters is 1. The van der Waals surface area contributed by atoms with Gasteiger partial charge in [0.05, 0.1) is 5.92 Å². The standard InChI is InChI=1S/C23H22N2O3/c1-23(2,3)28-22(26)19-18(15-8-6-12-25-13-15)17-11-10-14-7-4-5-9-16(14)20(17)27-21(19)24/h4-13,18H,24H2,1-3H3/t18-/m1/s1. The summed E-state index contributed by atoms with van der Waals surface area (Å²) in [5.41, 5.74) is 7.64. The Morgan fingerprint density at radius 2 is 1.89 bits per heavy atom. The van der Waals surface area contributed by atoms with Crippen LogP contribution in [0.2, 0.25) is 0 Å². The number of nitrogens with two attached hydrogens (primary N) is 1. The second-order valence-corrected chi connectivity index (χ2v) is 7.81. The van der Waals surface area contributed by atoms with Crippen LogP contribution in [0.1, 0.15) is 37.8 Å². The molecule has 1 aromatic heterocycles. The van der Waals surface area contributed by atoms with Gasteiger partial charge in [0.1, 0.15) is 16.9 Å². The first-order valence-electron chi connectivity index (χ1n) is 9.17. The van der Waals surface area contributed by atoms with Gasteiger partial charge in [0.15, 0.2) is 0 Å². The second-order valence-electron chi connectivity index (χ2n) is 7.81. The summed E-state index contributed by atoms with van der Waals surface area (Å²) in [5, 5.41) is 1.99. The number of nitrogens with zero attached hydrogens (tertiary/aromatic N) is 1. The maximum absolute atomic E-state index is 13.0. The lowest BCUT2D eigenvalue weighted by Gasteiger charge is -2.31. The number of fused-ring (bicyclic) bond motifs is 3. The molecule has 0 amide bonds. The Labute approximate surface area is 163 Å².